The summed E-state index contributed by atoms with van der Waals surface area (Å²) >= 11 is 5.97. The molecule has 1 aromatic heterocycles. The molecule has 1 heterocycles. The molecule has 0 saturated carbocycles. The number of nitrogens with zero attached hydrogens (tertiary/aromatic N) is 1. The van der Waals surface area contributed by atoms with Crippen LogP contribution in [0.25, 0.3) is 0 Å². The molecule has 0 aliphatic carbocycles. The van der Waals surface area contributed by atoms with Gasteiger partial charge in [-0.1, -0.05) is 11.6 Å². The first kappa shape index (κ1) is 12.0. The molecule has 0 aliphatic heterocycles. The Balaban J connectivity index is 2.25. The molecule has 1 aromatic carbocycles. The summed E-state index contributed by atoms with van der Waals surface area (Å²) in [5.41, 5.74) is 7.44. The highest BCUT2D eigenvalue weighted by Gasteiger charge is 2.07. The van der Waals surface area contributed by atoms with E-state index in [2.05, 4.69) is 9.97 Å². The van der Waals surface area contributed by atoms with Crippen LogP contribution in [0.2, 0.25) is 5.02 Å². The van der Waals surface area contributed by atoms with Gasteiger partial charge in [0.15, 0.2) is 0 Å². The Morgan fingerprint density at radius 1 is 1.47 bits per heavy atom. The van der Waals surface area contributed by atoms with Crippen molar-refractivity contribution in [2.75, 3.05) is 7.11 Å². The summed E-state index contributed by atoms with van der Waals surface area (Å²) < 4.78 is 5.28. The molecule has 0 atom stereocenters. The van der Waals surface area contributed by atoms with Crippen molar-refractivity contribution in [2.45, 2.75) is 13.0 Å². The fraction of sp³-hybridized carbons (Fsp3) is 0.250. The highest BCUT2D eigenvalue weighted by Crippen LogP contribution is 2.24. The minimum atomic E-state index is 0.458. The van der Waals surface area contributed by atoms with Gasteiger partial charge in [0.05, 0.1) is 7.11 Å². The van der Waals surface area contributed by atoms with Crippen LogP contribution in [-0.2, 0) is 13.0 Å². The van der Waals surface area contributed by atoms with E-state index in [1.165, 1.54) is 0 Å². The fourth-order valence-corrected chi connectivity index (χ4v) is 1.86. The van der Waals surface area contributed by atoms with E-state index in [0.29, 0.717) is 18.0 Å². The molecule has 0 amide bonds. The lowest BCUT2D eigenvalue weighted by molar-refractivity contribution is 0.410. The number of hydrogen-bond donors (Lipinski definition) is 2. The van der Waals surface area contributed by atoms with Gasteiger partial charge in [0.2, 0.25) is 0 Å². The van der Waals surface area contributed by atoms with Crippen molar-refractivity contribution in [1.82, 2.24) is 9.97 Å². The second kappa shape index (κ2) is 5.21. The molecule has 2 rings (SSSR count). The Kier molecular flexibility index (Phi) is 3.66. The zero-order chi connectivity index (χ0) is 12.3. The van der Waals surface area contributed by atoms with Crippen molar-refractivity contribution in [1.29, 1.82) is 0 Å². The summed E-state index contributed by atoms with van der Waals surface area (Å²) in [6, 6.07) is 5.53. The van der Waals surface area contributed by atoms with Crippen LogP contribution in [0.1, 0.15) is 17.1 Å². The number of H-pyrrole nitrogens is 1. The third-order valence-electron chi connectivity index (χ3n) is 2.50. The van der Waals surface area contributed by atoms with Crippen LogP contribution in [0.4, 0.5) is 0 Å². The lowest BCUT2D eigenvalue weighted by Crippen LogP contribution is -1.98. The first-order valence-corrected chi connectivity index (χ1v) is 5.66. The standard InChI is InChI=1S/C12H14ClN3O/c1-17-11-3-2-9(13)4-8(11)5-12-15-7-10(6-14)16-12/h2-4,7H,5-6,14H2,1H3,(H,15,16). The number of benzene rings is 1. The average molecular weight is 252 g/mol. The zero-order valence-electron chi connectivity index (χ0n) is 9.53. The van der Waals surface area contributed by atoms with E-state index in [9.17, 15) is 0 Å². The maximum atomic E-state index is 5.97. The summed E-state index contributed by atoms with van der Waals surface area (Å²) in [4.78, 5) is 7.40. The normalized spacial score (nSPS) is 10.5. The summed E-state index contributed by atoms with van der Waals surface area (Å²) in [6.45, 7) is 0.458. The predicted molar refractivity (Wildman–Crippen MR) is 67.3 cm³/mol. The summed E-state index contributed by atoms with van der Waals surface area (Å²) in [5.74, 6) is 1.66. The van der Waals surface area contributed by atoms with Gasteiger partial charge < -0.3 is 15.5 Å². The van der Waals surface area contributed by atoms with Crippen LogP contribution in [0, 0.1) is 0 Å². The number of halogens is 1. The van der Waals surface area contributed by atoms with E-state index in [4.69, 9.17) is 22.1 Å². The van der Waals surface area contributed by atoms with Crippen LogP contribution in [0.3, 0.4) is 0 Å². The SMILES string of the molecule is COc1ccc(Cl)cc1Cc1ncc(CN)[nH]1. The minimum Gasteiger partial charge on any atom is -0.496 e. The molecule has 0 bridgehead atoms. The molecule has 17 heavy (non-hydrogen) atoms. The molecule has 0 radical (unpaired) electrons. The highest BCUT2D eigenvalue weighted by atomic mass is 35.5. The Bertz CT molecular complexity index is 510. The van der Waals surface area contributed by atoms with Gasteiger partial charge in [-0.05, 0) is 18.2 Å². The molecule has 0 fully saturated rings. The van der Waals surface area contributed by atoms with Gasteiger partial charge in [-0.3, -0.25) is 0 Å². The Labute approximate surface area is 105 Å². The summed E-state index contributed by atoms with van der Waals surface area (Å²) in [5, 5.41) is 0.686. The Morgan fingerprint density at radius 3 is 2.94 bits per heavy atom. The van der Waals surface area contributed by atoms with Gasteiger partial charge in [-0.15, -0.1) is 0 Å². The van der Waals surface area contributed by atoms with Gasteiger partial charge in [0.1, 0.15) is 11.6 Å². The molecular formula is C12H14ClN3O. The topological polar surface area (TPSA) is 63.9 Å². The van der Waals surface area contributed by atoms with Gasteiger partial charge in [-0.25, -0.2) is 4.98 Å². The van der Waals surface area contributed by atoms with Gasteiger partial charge in [0, 0.05) is 35.4 Å². The van der Waals surface area contributed by atoms with Gasteiger partial charge >= 0.3 is 0 Å². The lowest BCUT2D eigenvalue weighted by atomic mass is 10.1. The molecule has 4 nitrogen and oxygen atoms in total. The minimum absolute atomic E-state index is 0.458. The number of hydrogen-bond acceptors (Lipinski definition) is 3. The second-order valence-electron chi connectivity index (χ2n) is 3.69. The smallest absolute Gasteiger partial charge is 0.122 e. The van der Waals surface area contributed by atoms with E-state index in [0.717, 1.165) is 22.8 Å². The van der Waals surface area contributed by atoms with Crippen molar-refractivity contribution in [3.63, 3.8) is 0 Å². The number of ether oxygens (including phenoxy) is 1. The van der Waals surface area contributed by atoms with E-state index in [1.807, 2.05) is 12.1 Å². The molecule has 0 spiro atoms. The molecule has 90 valence electrons. The van der Waals surface area contributed by atoms with E-state index in [-0.39, 0.29) is 0 Å². The number of aromatic amines is 1. The molecular weight excluding hydrogens is 238 g/mol. The Morgan fingerprint density at radius 2 is 2.29 bits per heavy atom. The van der Waals surface area contributed by atoms with Crippen LogP contribution in [0.5, 0.6) is 5.75 Å². The Hall–Kier alpha value is -1.52. The summed E-state index contributed by atoms with van der Waals surface area (Å²) in [7, 11) is 1.64. The second-order valence-corrected chi connectivity index (χ2v) is 4.13. The quantitative estimate of drug-likeness (QED) is 0.875. The number of rotatable bonds is 4. The third kappa shape index (κ3) is 2.78. The van der Waals surface area contributed by atoms with Crippen LogP contribution in [-0.4, -0.2) is 17.1 Å². The molecule has 5 heteroatoms. The van der Waals surface area contributed by atoms with Crippen molar-refractivity contribution >= 4 is 11.6 Å². The van der Waals surface area contributed by atoms with Crippen molar-refractivity contribution in [3.05, 3.63) is 46.5 Å². The molecule has 2 aromatic rings. The van der Waals surface area contributed by atoms with Gasteiger partial charge in [-0.2, -0.15) is 0 Å². The van der Waals surface area contributed by atoms with Crippen LogP contribution >= 0.6 is 11.6 Å². The zero-order valence-corrected chi connectivity index (χ0v) is 10.3. The van der Waals surface area contributed by atoms with E-state index >= 15 is 0 Å². The van der Waals surface area contributed by atoms with Crippen LogP contribution < -0.4 is 10.5 Å². The average Bonchev–Trinajstić information content (AvgIpc) is 2.77. The van der Waals surface area contributed by atoms with Crippen molar-refractivity contribution < 1.29 is 4.74 Å². The molecule has 0 aliphatic rings. The lowest BCUT2D eigenvalue weighted by Gasteiger charge is -2.07. The fourth-order valence-electron chi connectivity index (χ4n) is 1.66. The largest absolute Gasteiger partial charge is 0.496 e. The number of nitrogens with one attached hydrogen (secondary N) is 1. The predicted octanol–water partition coefficient (Wildman–Crippen LogP) is 2.12. The molecule has 0 unspecified atom stereocenters. The molecule has 0 saturated heterocycles. The number of imidazole rings is 1. The third-order valence-corrected chi connectivity index (χ3v) is 2.74. The van der Waals surface area contributed by atoms with Crippen LogP contribution in [0.15, 0.2) is 24.4 Å². The first-order chi connectivity index (χ1) is 8.22. The van der Waals surface area contributed by atoms with Crippen molar-refractivity contribution in [2.24, 2.45) is 5.73 Å². The first-order valence-electron chi connectivity index (χ1n) is 5.28. The van der Waals surface area contributed by atoms with Gasteiger partial charge in [0.25, 0.3) is 0 Å². The van der Waals surface area contributed by atoms with E-state index in [1.54, 1.807) is 19.4 Å². The molecule has 3 N–H and O–H groups in total. The monoisotopic (exact) mass is 251 g/mol. The number of methoxy groups -OCH3 is 1. The van der Waals surface area contributed by atoms with E-state index < -0.39 is 0 Å². The highest BCUT2D eigenvalue weighted by molar-refractivity contribution is 6.30. The number of aromatic nitrogens is 2. The maximum absolute atomic E-state index is 5.97. The maximum Gasteiger partial charge on any atom is 0.122 e. The van der Waals surface area contributed by atoms with Crippen molar-refractivity contribution in [3.8, 4) is 5.75 Å². The summed E-state index contributed by atoms with van der Waals surface area (Å²) in [6.07, 6.45) is 2.39. The number of nitrogens with two attached hydrogens (primary N) is 1.